The van der Waals surface area contributed by atoms with Crippen LogP contribution in [0.25, 0.3) is 0 Å². The molecule has 2 saturated carbocycles. The Kier molecular flexibility index (Phi) is 3.72. The van der Waals surface area contributed by atoms with Crippen molar-refractivity contribution in [3.05, 3.63) is 0 Å². The molecule has 0 aromatic rings. The van der Waals surface area contributed by atoms with Gasteiger partial charge < -0.3 is 11.1 Å². The normalized spacial score (nSPS) is 33.7. The van der Waals surface area contributed by atoms with E-state index < -0.39 is 0 Å². The fourth-order valence-electron chi connectivity index (χ4n) is 3.20. The van der Waals surface area contributed by atoms with Gasteiger partial charge in [0.25, 0.3) is 0 Å². The fourth-order valence-corrected chi connectivity index (χ4v) is 3.20. The molecular formula is C13H25N3. The highest BCUT2D eigenvalue weighted by molar-refractivity contribution is 5.77. The van der Waals surface area contributed by atoms with Gasteiger partial charge in [0.05, 0.1) is 0 Å². The minimum atomic E-state index is 0.586. The summed E-state index contributed by atoms with van der Waals surface area (Å²) in [6.45, 7) is 6.18. The van der Waals surface area contributed by atoms with Crippen molar-refractivity contribution in [2.24, 2.45) is 34.4 Å². The lowest BCUT2D eigenvalue weighted by molar-refractivity contribution is 0.332. The Morgan fingerprint density at radius 2 is 2.19 bits per heavy atom. The summed E-state index contributed by atoms with van der Waals surface area (Å²) in [5, 5.41) is 3.29. The lowest BCUT2D eigenvalue weighted by Crippen LogP contribution is -2.37. The first kappa shape index (κ1) is 11.7. The van der Waals surface area contributed by atoms with E-state index in [0.29, 0.717) is 11.9 Å². The molecule has 0 radical (unpaired) electrons. The third-order valence-electron chi connectivity index (χ3n) is 4.06. The van der Waals surface area contributed by atoms with Crippen molar-refractivity contribution in [1.82, 2.24) is 5.32 Å². The predicted molar refractivity (Wildman–Crippen MR) is 68.3 cm³/mol. The molecule has 0 spiro atoms. The zero-order valence-corrected chi connectivity index (χ0v) is 10.6. The van der Waals surface area contributed by atoms with Gasteiger partial charge >= 0.3 is 0 Å². The van der Waals surface area contributed by atoms with Crippen LogP contribution in [0.5, 0.6) is 0 Å². The molecule has 0 amide bonds. The van der Waals surface area contributed by atoms with Gasteiger partial charge in [0, 0.05) is 13.1 Å². The highest BCUT2D eigenvalue weighted by Crippen LogP contribution is 2.47. The number of aliphatic imine (C=N–C) groups is 1. The van der Waals surface area contributed by atoms with Crippen LogP contribution in [-0.4, -0.2) is 19.0 Å². The van der Waals surface area contributed by atoms with Crippen molar-refractivity contribution >= 4 is 5.96 Å². The number of rotatable bonds is 4. The van der Waals surface area contributed by atoms with Crippen molar-refractivity contribution in [2.75, 3.05) is 13.1 Å². The third kappa shape index (κ3) is 2.89. The zero-order chi connectivity index (χ0) is 11.5. The Morgan fingerprint density at radius 3 is 2.75 bits per heavy atom. The van der Waals surface area contributed by atoms with E-state index in [9.17, 15) is 0 Å². The molecule has 16 heavy (non-hydrogen) atoms. The summed E-state index contributed by atoms with van der Waals surface area (Å²) >= 11 is 0. The Bertz CT molecular complexity index is 260. The molecule has 2 aliphatic rings. The van der Waals surface area contributed by atoms with E-state index in [2.05, 4.69) is 24.2 Å². The molecule has 0 aliphatic heterocycles. The molecule has 3 nitrogen and oxygen atoms in total. The van der Waals surface area contributed by atoms with E-state index in [1.807, 2.05) is 0 Å². The summed E-state index contributed by atoms with van der Waals surface area (Å²) in [6, 6.07) is 0. The van der Waals surface area contributed by atoms with Crippen molar-refractivity contribution < 1.29 is 0 Å². The Morgan fingerprint density at radius 1 is 1.38 bits per heavy atom. The van der Waals surface area contributed by atoms with Crippen molar-refractivity contribution in [3.63, 3.8) is 0 Å². The van der Waals surface area contributed by atoms with Gasteiger partial charge in [-0.2, -0.15) is 0 Å². The molecule has 0 aromatic carbocycles. The average Bonchev–Trinajstić information content (AvgIpc) is 2.84. The van der Waals surface area contributed by atoms with Gasteiger partial charge in [0.15, 0.2) is 5.96 Å². The van der Waals surface area contributed by atoms with Gasteiger partial charge in [-0.25, -0.2) is 0 Å². The maximum atomic E-state index is 5.84. The summed E-state index contributed by atoms with van der Waals surface area (Å²) in [4.78, 5) is 4.33. The standard InChI is InChI=1S/C13H25N3/c1-9(2)7-15-13(14)16-8-12-6-10-3-4-11(12)5-10/h9-12H,3-8H2,1-2H3,(H3,14,15,16). The second-order valence-corrected chi connectivity index (χ2v) is 5.94. The number of hydrogen-bond acceptors (Lipinski definition) is 1. The SMILES string of the molecule is CC(C)CN=C(N)NCC1CC2CCC1C2. The average molecular weight is 223 g/mol. The Labute approximate surface area is 98.9 Å². The summed E-state index contributed by atoms with van der Waals surface area (Å²) in [6.07, 6.45) is 5.79. The van der Waals surface area contributed by atoms with Crippen molar-refractivity contribution in [1.29, 1.82) is 0 Å². The number of nitrogens with two attached hydrogens (primary N) is 1. The maximum absolute atomic E-state index is 5.84. The monoisotopic (exact) mass is 223 g/mol. The second-order valence-electron chi connectivity index (χ2n) is 5.94. The molecule has 2 bridgehead atoms. The molecule has 0 heterocycles. The van der Waals surface area contributed by atoms with Crippen LogP contribution < -0.4 is 11.1 Å². The van der Waals surface area contributed by atoms with Gasteiger partial charge in [-0.3, -0.25) is 4.99 Å². The molecule has 3 N–H and O–H groups in total. The van der Waals surface area contributed by atoms with E-state index in [1.54, 1.807) is 0 Å². The summed E-state index contributed by atoms with van der Waals surface area (Å²) < 4.78 is 0. The smallest absolute Gasteiger partial charge is 0.188 e. The minimum Gasteiger partial charge on any atom is -0.370 e. The van der Waals surface area contributed by atoms with E-state index in [4.69, 9.17) is 5.73 Å². The summed E-state index contributed by atoms with van der Waals surface area (Å²) in [5.41, 5.74) is 5.84. The number of guanidine groups is 1. The van der Waals surface area contributed by atoms with Crippen LogP contribution in [0.1, 0.15) is 39.5 Å². The third-order valence-corrected chi connectivity index (χ3v) is 4.06. The number of fused-ring (bicyclic) bond motifs is 2. The summed E-state index contributed by atoms with van der Waals surface area (Å²) in [5.74, 6) is 4.06. The van der Waals surface area contributed by atoms with E-state index in [1.165, 1.54) is 25.7 Å². The minimum absolute atomic E-state index is 0.586. The van der Waals surface area contributed by atoms with Crippen LogP contribution in [0, 0.1) is 23.7 Å². The molecule has 2 fully saturated rings. The maximum Gasteiger partial charge on any atom is 0.188 e. The highest BCUT2D eigenvalue weighted by Gasteiger charge is 2.39. The topological polar surface area (TPSA) is 50.4 Å². The van der Waals surface area contributed by atoms with Crippen LogP contribution in [0.4, 0.5) is 0 Å². The molecule has 2 aliphatic carbocycles. The van der Waals surface area contributed by atoms with Gasteiger partial charge in [-0.15, -0.1) is 0 Å². The largest absolute Gasteiger partial charge is 0.370 e. The Balaban J connectivity index is 1.69. The predicted octanol–water partition coefficient (Wildman–Crippen LogP) is 1.98. The van der Waals surface area contributed by atoms with Crippen molar-refractivity contribution in [3.8, 4) is 0 Å². The number of hydrogen-bond donors (Lipinski definition) is 2. The molecule has 3 heteroatoms. The van der Waals surface area contributed by atoms with Gasteiger partial charge in [0.2, 0.25) is 0 Å². The number of nitrogens with one attached hydrogen (secondary N) is 1. The first-order valence-corrected chi connectivity index (χ1v) is 6.69. The van der Waals surface area contributed by atoms with E-state index >= 15 is 0 Å². The Hall–Kier alpha value is -0.730. The highest BCUT2D eigenvalue weighted by atomic mass is 15.1. The molecule has 2 rings (SSSR count). The lowest BCUT2D eigenvalue weighted by atomic mass is 9.89. The first-order chi connectivity index (χ1) is 7.65. The van der Waals surface area contributed by atoms with Gasteiger partial charge in [0.1, 0.15) is 0 Å². The molecule has 3 unspecified atom stereocenters. The van der Waals surface area contributed by atoms with Crippen LogP contribution in [0.15, 0.2) is 4.99 Å². The van der Waals surface area contributed by atoms with Gasteiger partial charge in [-0.1, -0.05) is 20.3 Å². The molecular weight excluding hydrogens is 198 g/mol. The molecule has 0 aromatic heterocycles. The molecule has 3 atom stereocenters. The number of nitrogens with zero attached hydrogens (tertiary/aromatic N) is 1. The van der Waals surface area contributed by atoms with Crippen LogP contribution in [0.3, 0.4) is 0 Å². The van der Waals surface area contributed by atoms with Crippen LogP contribution in [-0.2, 0) is 0 Å². The van der Waals surface area contributed by atoms with Gasteiger partial charge in [-0.05, 0) is 42.9 Å². The van der Waals surface area contributed by atoms with Crippen LogP contribution in [0.2, 0.25) is 0 Å². The summed E-state index contributed by atoms with van der Waals surface area (Å²) in [7, 11) is 0. The van der Waals surface area contributed by atoms with E-state index in [-0.39, 0.29) is 0 Å². The van der Waals surface area contributed by atoms with E-state index in [0.717, 1.165) is 30.8 Å². The second kappa shape index (κ2) is 5.07. The fraction of sp³-hybridized carbons (Fsp3) is 0.923. The van der Waals surface area contributed by atoms with Crippen LogP contribution >= 0.6 is 0 Å². The zero-order valence-electron chi connectivity index (χ0n) is 10.6. The molecule has 0 saturated heterocycles. The lowest BCUT2D eigenvalue weighted by Gasteiger charge is -2.22. The quantitative estimate of drug-likeness (QED) is 0.565. The van der Waals surface area contributed by atoms with Crippen molar-refractivity contribution in [2.45, 2.75) is 39.5 Å². The molecule has 92 valence electrons. The first-order valence-electron chi connectivity index (χ1n) is 6.69.